The van der Waals surface area contributed by atoms with E-state index in [2.05, 4.69) is 47.5 Å². The molecule has 1 unspecified atom stereocenters. The molecular formula is C26H33NO2. The first-order chi connectivity index (χ1) is 14.3. The van der Waals surface area contributed by atoms with Crippen LogP contribution in [0.2, 0.25) is 0 Å². The number of phenols is 1. The molecule has 0 bridgehead atoms. The zero-order chi connectivity index (χ0) is 20.5. The van der Waals surface area contributed by atoms with E-state index in [0.717, 1.165) is 24.3 Å². The van der Waals surface area contributed by atoms with Gasteiger partial charge in [-0.1, -0.05) is 57.0 Å². The minimum Gasteiger partial charge on any atom is -0.508 e. The fraction of sp³-hybridized carbons (Fsp3) is 0.423. The van der Waals surface area contributed by atoms with Gasteiger partial charge in [-0.05, 0) is 67.0 Å². The zero-order valence-corrected chi connectivity index (χ0v) is 17.7. The Balaban J connectivity index is 0.00000117. The minimum atomic E-state index is 0.327. The molecule has 1 saturated carbocycles. The predicted molar refractivity (Wildman–Crippen MR) is 121 cm³/mol. The van der Waals surface area contributed by atoms with Gasteiger partial charge in [-0.3, -0.25) is 4.99 Å². The van der Waals surface area contributed by atoms with Gasteiger partial charge < -0.3 is 9.84 Å². The summed E-state index contributed by atoms with van der Waals surface area (Å²) in [7, 11) is 0. The highest BCUT2D eigenvalue weighted by atomic mass is 16.5. The quantitative estimate of drug-likeness (QED) is 0.584. The van der Waals surface area contributed by atoms with Crippen LogP contribution in [0, 0.1) is 5.92 Å². The van der Waals surface area contributed by atoms with Gasteiger partial charge in [0.15, 0.2) is 0 Å². The SMILES string of the molecule is CC.Oc1ccc(C(c2ccc(OCC3=NC=CCC3)cc2)C2CCCC2)cc1. The van der Waals surface area contributed by atoms with Gasteiger partial charge >= 0.3 is 0 Å². The number of phenolic OH excluding ortho intramolecular Hbond substituents is 1. The number of allylic oxidation sites excluding steroid dienone is 1. The molecule has 1 N–H and O–H groups in total. The van der Waals surface area contributed by atoms with E-state index >= 15 is 0 Å². The molecule has 3 nitrogen and oxygen atoms in total. The molecule has 2 aromatic rings. The number of nitrogens with zero attached hydrogens (tertiary/aromatic N) is 1. The third-order valence-corrected chi connectivity index (χ3v) is 5.73. The Bertz CT molecular complexity index is 800. The Hall–Kier alpha value is -2.55. The summed E-state index contributed by atoms with van der Waals surface area (Å²) in [6.45, 7) is 4.56. The number of ether oxygens (including phenoxy) is 1. The third kappa shape index (κ3) is 5.72. The summed E-state index contributed by atoms with van der Waals surface area (Å²) in [6, 6.07) is 16.3. The second-order valence-corrected chi connectivity index (χ2v) is 7.59. The topological polar surface area (TPSA) is 41.8 Å². The highest BCUT2D eigenvalue weighted by molar-refractivity contribution is 5.87. The number of rotatable bonds is 6. The molecule has 0 saturated heterocycles. The van der Waals surface area contributed by atoms with Crippen LogP contribution < -0.4 is 4.74 Å². The molecule has 4 rings (SSSR count). The Morgan fingerprint density at radius 3 is 2.17 bits per heavy atom. The molecule has 2 aromatic carbocycles. The molecule has 29 heavy (non-hydrogen) atoms. The lowest BCUT2D eigenvalue weighted by molar-refractivity contribution is 0.373. The average Bonchev–Trinajstić information content (AvgIpc) is 3.31. The molecular weight excluding hydrogens is 358 g/mol. The van der Waals surface area contributed by atoms with Crippen molar-refractivity contribution in [3.63, 3.8) is 0 Å². The maximum absolute atomic E-state index is 9.65. The zero-order valence-electron chi connectivity index (χ0n) is 17.7. The molecule has 2 aliphatic rings. The summed E-state index contributed by atoms with van der Waals surface area (Å²) in [4.78, 5) is 4.38. The molecule has 0 radical (unpaired) electrons. The van der Waals surface area contributed by atoms with Gasteiger partial charge in [0.25, 0.3) is 0 Å². The maximum atomic E-state index is 9.65. The standard InChI is InChI=1S/C24H27NO2.C2H6/c26-22-12-8-19(9-13-22)24(18-5-1-2-6-18)20-10-14-23(15-11-20)27-17-21-7-3-4-16-25-21;1-2/h4,8-16,18,24,26H,1-3,5-7,17H2;1-2H3. The minimum absolute atomic E-state index is 0.327. The molecule has 1 heterocycles. The Morgan fingerprint density at radius 2 is 1.59 bits per heavy atom. The fourth-order valence-electron chi connectivity index (χ4n) is 4.30. The van der Waals surface area contributed by atoms with Crippen LogP contribution in [0.25, 0.3) is 0 Å². The van der Waals surface area contributed by atoms with Crippen LogP contribution in [0.1, 0.15) is 69.4 Å². The van der Waals surface area contributed by atoms with Crippen molar-refractivity contribution in [2.45, 2.75) is 58.3 Å². The van der Waals surface area contributed by atoms with E-state index in [1.807, 2.05) is 20.0 Å². The van der Waals surface area contributed by atoms with Gasteiger partial charge in [-0.25, -0.2) is 0 Å². The lowest BCUT2D eigenvalue weighted by Crippen LogP contribution is -2.13. The highest BCUT2D eigenvalue weighted by Crippen LogP contribution is 2.42. The molecule has 1 aliphatic heterocycles. The number of aromatic hydroxyl groups is 1. The van der Waals surface area contributed by atoms with Crippen LogP contribution in [0.3, 0.4) is 0 Å². The van der Waals surface area contributed by atoms with Crippen LogP contribution in [-0.4, -0.2) is 17.4 Å². The largest absolute Gasteiger partial charge is 0.508 e. The first-order valence-corrected chi connectivity index (χ1v) is 11.0. The Labute approximate surface area is 175 Å². The van der Waals surface area contributed by atoms with Crippen LogP contribution in [0.4, 0.5) is 0 Å². The van der Waals surface area contributed by atoms with Crippen LogP contribution in [-0.2, 0) is 0 Å². The number of aliphatic imine (C=N–C) groups is 1. The van der Waals surface area contributed by atoms with E-state index in [-0.39, 0.29) is 0 Å². The fourth-order valence-corrected chi connectivity index (χ4v) is 4.30. The van der Waals surface area contributed by atoms with E-state index in [0.29, 0.717) is 24.2 Å². The van der Waals surface area contributed by atoms with Gasteiger partial charge in [0.1, 0.15) is 18.1 Å². The lowest BCUT2D eigenvalue weighted by Gasteiger charge is -2.25. The molecule has 3 heteroatoms. The molecule has 0 aromatic heterocycles. The number of hydrogen-bond acceptors (Lipinski definition) is 3. The summed E-state index contributed by atoms with van der Waals surface area (Å²) >= 11 is 0. The van der Waals surface area contributed by atoms with Gasteiger partial charge in [0.05, 0.1) is 5.71 Å². The van der Waals surface area contributed by atoms with Crippen molar-refractivity contribution in [1.29, 1.82) is 0 Å². The van der Waals surface area contributed by atoms with E-state index in [9.17, 15) is 5.11 Å². The monoisotopic (exact) mass is 391 g/mol. The van der Waals surface area contributed by atoms with E-state index in [1.165, 1.54) is 36.8 Å². The van der Waals surface area contributed by atoms with Crippen molar-refractivity contribution in [2.75, 3.05) is 6.61 Å². The molecule has 1 fully saturated rings. The normalized spacial score (nSPS) is 17.2. The Kier molecular flexibility index (Phi) is 7.92. The maximum Gasteiger partial charge on any atom is 0.126 e. The Morgan fingerprint density at radius 1 is 0.966 bits per heavy atom. The van der Waals surface area contributed by atoms with Gasteiger partial charge in [0.2, 0.25) is 0 Å². The smallest absolute Gasteiger partial charge is 0.126 e. The van der Waals surface area contributed by atoms with Crippen molar-refractivity contribution in [1.82, 2.24) is 0 Å². The van der Waals surface area contributed by atoms with Gasteiger partial charge in [-0.15, -0.1) is 0 Å². The summed E-state index contributed by atoms with van der Waals surface area (Å²) in [6.07, 6.45) is 11.2. The molecule has 1 aliphatic carbocycles. The first kappa shape index (κ1) is 21.2. The van der Waals surface area contributed by atoms with Gasteiger partial charge in [0, 0.05) is 12.1 Å². The summed E-state index contributed by atoms with van der Waals surface area (Å²) in [5.41, 5.74) is 3.73. The highest BCUT2D eigenvalue weighted by Gasteiger charge is 2.27. The molecule has 0 amide bonds. The molecule has 154 valence electrons. The van der Waals surface area contributed by atoms with Crippen molar-refractivity contribution >= 4 is 5.71 Å². The van der Waals surface area contributed by atoms with E-state index in [1.54, 1.807) is 12.1 Å². The average molecular weight is 392 g/mol. The predicted octanol–water partition coefficient (Wildman–Crippen LogP) is 6.87. The number of hydrogen-bond donors (Lipinski definition) is 1. The summed E-state index contributed by atoms with van der Waals surface area (Å²) < 4.78 is 5.93. The van der Waals surface area contributed by atoms with E-state index < -0.39 is 0 Å². The van der Waals surface area contributed by atoms with Crippen molar-refractivity contribution in [3.05, 3.63) is 71.9 Å². The van der Waals surface area contributed by atoms with Gasteiger partial charge in [-0.2, -0.15) is 0 Å². The molecule has 0 spiro atoms. The van der Waals surface area contributed by atoms with E-state index in [4.69, 9.17) is 4.74 Å². The summed E-state index contributed by atoms with van der Waals surface area (Å²) in [5.74, 6) is 2.28. The third-order valence-electron chi connectivity index (χ3n) is 5.73. The van der Waals surface area contributed by atoms with Crippen molar-refractivity contribution in [2.24, 2.45) is 10.9 Å². The summed E-state index contributed by atoms with van der Waals surface area (Å²) in [5, 5.41) is 9.65. The second-order valence-electron chi connectivity index (χ2n) is 7.59. The molecule has 1 atom stereocenters. The van der Waals surface area contributed by atoms with Crippen LogP contribution in [0.5, 0.6) is 11.5 Å². The lowest BCUT2D eigenvalue weighted by atomic mass is 9.80. The van der Waals surface area contributed by atoms with Crippen LogP contribution >= 0.6 is 0 Å². The van der Waals surface area contributed by atoms with Crippen molar-refractivity contribution in [3.8, 4) is 11.5 Å². The van der Waals surface area contributed by atoms with Crippen molar-refractivity contribution < 1.29 is 9.84 Å². The second kappa shape index (κ2) is 10.8. The van der Waals surface area contributed by atoms with Crippen LogP contribution in [0.15, 0.2) is 65.8 Å². The first-order valence-electron chi connectivity index (χ1n) is 11.0. The number of benzene rings is 2.